The Bertz CT molecular complexity index is 478. The Morgan fingerprint density at radius 3 is 2.43 bits per heavy atom. The zero-order valence-corrected chi connectivity index (χ0v) is 9.59. The molecule has 0 spiro atoms. The number of sulfone groups is 1. The largest absolute Gasteiger partial charge is 0.478 e. The van der Waals surface area contributed by atoms with Crippen LogP contribution >= 0.6 is 15.9 Å². The first-order valence-corrected chi connectivity index (χ1v) is 6.23. The van der Waals surface area contributed by atoms with E-state index in [-0.39, 0.29) is 10.5 Å². The van der Waals surface area contributed by atoms with Crippen molar-refractivity contribution in [2.24, 2.45) is 0 Å². The summed E-state index contributed by atoms with van der Waals surface area (Å²) in [5.74, 6) is -1.16. The number of halogens is 1. The van der Waals surface area contributed by atoms with E-state index in [1.54, 1.807) is 0 Å². The number of aromatic carboxylic acids is 1. The number of rotatable bonds is 2. The number of hydrogen-bond donors (Lipinski definition) is 1. The van der Waals surface area contributed by atoms with Crippen molar-refractivity contribution in [1.82, 2.24) is 0 Å². The molecule has 0 saturated heterocycles. The fourth-order valence-electron chi connectivity index (χ4n) is 0.899. The molecule has 1 aromatic rings. The van der Waals surface area contributed by atoms with E-state index in [0.29, 0.717) is 4.47 Å². The van der Waals surface area contributed by atoms with E-state index in [9.17, 15) is 13.2 Å². The molecule has 0 unspecified atom stereocenters. The Labute approximate surface area is 89.6 Å². The summed E-state index contributed by atoms with van der Waals surface area (Å²) in [4.78, 5) is 10.7. The first-order chi connectivity index (χ1) is 6.32. The number of carboxylic acids is 1. The minimum atomic E-state index is -3.36. The average molecular weight is 279 g/mol. The van der Waals surface area contributed by atoms with Gasteiger partial charge in [0.2, 0.25) is 0 Å². The fourth-order valence-corrected chi connectivity index (χ4v) is 1.96. The van der Waals surface area contributed by atoms with Crippen LogP contribution < -0.4 is 0 Å². The Morgan fingerprint density at radius 2 is 2.00 bits per heavy atom. The van der Waals surface area contributed by atoms with Crippen LogP contribution in [0.25, 0.3) is 0 Å². The molecule has 0 aromatic heterocycles. The van der Waals surface area contributed by atoms with Gasteiger partial charge >= 0.3 is 5.97 Å². The van der Waals surface area contributed by atoms with E-state index in [2.05, 4.69) is 15.9 Å². The van der Waals surface area contributed by atoms with Crippen LogP contribution in [0.1, 0.15) is 10.4 Å². The third-order valence-electron chi connectivity index (χ3n) is 1.60. The van der Waals surface area contributed by atoms with Crippen molar-refractivity contribution >= 4 is 31.7 Å². The van der Waals surface area contributed by atoms with Crippen molar-refractivity contribution in [3.8, 4) is 0 Å². The van der Waals surface area contributed by atoms with E-state index in [4.69, 9.17) is 5.11 Å². The van der Waals surface area contributed by atoms with Gasteiger partial charge in [0.05, 0.1) is 10.5 Å². The van der Waals surface area contributed by atoms with Crippen LogP contribution in [0, 0.1) is 0 Å². The molecule has 0 aliphatic rings. The third-order valence-corrected chi connectivity index (χ3v) is 3.40. The molecular formula is C8H7BrO4S. The second-order valence-corrected chi connectivity index (χ2v) is 5.59. The van der Waals surface area contributed by atoms with Gasteiger partial charge in [-0.25, -0.2) is 13.2 Å². The van der Waals surface area contributed by atoms with Gasteiger partial charge in [0.25, 0.3) is 0 Å². The lowest BCUT2D eigenvalue weighted by Crippen LogP contribution is -2.02. The van der Waals surface area contributed by atoms with E-state index >= 15 is 0 Å². The summed E-state index contributed by atoms with van der Waals surface area (Å²) >= 11 is 3.02. The van der Waals surface area contributed by atoms with Crippen molar-refractivity contribution in [1.29, 1.82) is 0 Å². The number of hydrogen-bond acceptors (Lipinski definition) is 3. The van der Waals surface area contributed by atoms with Crippen LogP contribution in [0.2, 0.25) is 0 Å². The molecule has 0 bridgehead atoms. The highest BCUT2D eigenvalue weighted by Gasteiger charge is 2.13. The average Bonchev–Trinajstić information content (AvgIpc) is 2.02. The Morgan fingerprint density at radius 1 is 1.43 bits per heavy atom. The first-order valence-electron chi connectivity index (χ1n) is 3.55. The molecule has 0 amide bonds. The van der Waals surface area contributed by atoms with Gasteiger partial charge in [-0.1, -0.05) is 0 Å². The second-order valence-electron chi connectivity index (χ2n) is 2.72. The van der Waals surface area contributed by atoms with Crippen molar-refractivity contribution in [2.75, 3.05) is 6.26 Å². The van der Waals surface area contributed by atoms with Crippen molar-refractivity contribution < 1.29 is 18.3 Å². The highest BCUT2D eigenvalue weighted by Crippen LogP contribution is 2.20. The summed E-state index contributed by atoms with van der Waals surface area (Å²) in [6.07, 6.45) is 1.03. The van der Waals surface area contributed by atoms with Gasteiger partial charge in [-0.15, -0.1) is 0 Å². The Kier molecular flexibility index (Phi) is 2.96. The van der Waals surface area contributed by atoms with Crippen LogP contribution in [-0.2, 0) is 9.84 Å². The quantitative estimate of drug-likeness (QED) is 0.891. The maximum absolute atomic E-state index is 11.1. The summed E-state index contributed by atoms with van der Waals surface area (Å²) < 4.78 is 22.6. The molecule has 0 aliphatic heterocycles. The highest BCUT2D eigenvalue weighted by molar-refractivity contribution is 9.10. The third kappa shape index (κ3) is 2.33. The highest BCUT2D eigenvalue weighted by atomic mass is 79.9. The summed E-state index contributed by atoms with van der Waals surface area (Å²) in [6, 6.07) is 3.88. The van der Waals surface area contributed by atoms with E-state index < -0.39 is 15.8 Å². The second kappa shape index (κ2) is 3.70. The first kappa shape index (κ1) is 11.2. The molecule has 14 heavy (non-hydrogen) atoms. The van der Waals surface area contributed by atoms with Gasteiger partial charge in [-0.2, -0.15) is 0 Å². The van der Waals surface area contributed by atoms with Crippen LogP contribution in [0.4, 0.5) is 0 Å². The smallest absolute Gasteiger partial charge is 0.336 e. The topological polar surface area (TPSA) is 71.4 Å². The minimum Gasteiger partial charge on any atom is -0.478 e. The fraction of sp³-hybridized carbons (Fsp3) is 0.125. The Balaban J connectivity index is 3.42. The van der Waals surface area contributed by atoms with Gasteiger partial charge in [-0.05, 0) is 34.1 Å². The molecule has 0 heterocycles. The zero-order valence-electron chi connectivity index (χ0n) is 7.19. The van der Waals surface area contributed by atoms with Crippen LogP contribution in [-0.4, -0.2) is 25.7 Å². The lowest BCUT2D eigenvalue weighted by atomic mass is 10.2. The number of carboxylic acid groups (broad SMARTS) is 1. The lowest BCUT2D eigenvalue weighted by Gasteiger charge is -2.02. The van der Waals surface area contributed by atoms with Gasteiger partial charge in [-0.3, -0.25) is 0 Å². The molecular weight excluding hydrogens is 272 g/mol. The summed E-state index contributed by atoms with van der Waals surface area (Å²) in [5, 5.41) is 8.73. The lowest BCUT2D eigenvalue weighted by molar-refractivity contribution is 0.0695. The molecule has 0 fully saturated rings. The molecule has 1 rings (SSSR count). The monoisotopic (exact) mass is 278 g/mol. The molecule has 0 atom stereocenters. The molecule has 1 N–H and O–H groups in total. The molecule has 1 aromatic carbocycles. The van der Waals surface area contributed by atoms with Crippen molar-refractivity contribution in [3.63, 3.8) is 0 Å². The maximum Gasteiger partial charge on any atom is 0.336 e. The molecule has 76 valence electrons. The summed E-state index contributed by atoms with van der Waals surface area (Å²) in [7, 11) is -3.36. The molecule has 6 heteroatoms. The van der Waals surface area contributed by atoms with E-state index in [1.165, 1.54) is 12.1 Å². The predicted octanol–water partition coefficient (Wildman–Crippen LogP) is 1.55. The zero-order chi connectivity index (χ0) is 10.9. The minimum absolute atomic E-state index is 0.00176. The number of benzene rings is 1. The standard InChI is InChI=1S/C8H7BrO4S/c1-14(12,13)5-2-3-7(9)6(4-5)8(10)11/h2-4H,1H3,(H,10,11). The normalized spacial score (nSPS) is 11.3. The molecule has 0 aliphatic carbocycles. The van der Waals surface area contributed by atoms with Gasteiger partial charge in [0, 0.05) is 10.7 Å². The van der Waals surface area contributed by atoms with Crippen molar-refractivity contribution in [2.45, 2.75) is 4.90 Å². The van der Waals surface area contributed by atoms with E-state index in [0.717, 1.165) is 12.3 Å². The van der Waals surface area contributed by atoms with Crippen LogP contribution in [0.15, 0.2) is 27.6 Å². The summed E-state index contributed by atoms with van der Waals surface area (Å²) in [6.45, 7) is 0. The van der Waals surface area contributed by atoms with Crippen LogP contribution in [0.3, 0.4) is 0 Å². The van der Waals surface area contributed by atoms with Gasteiger partial charge < -0.3 is 5.11 Å². The molecule has 0 saturated carbocycles. The maximum atomic E-state index is 11.1. The molecule has 0 radical (unpaired) electrons. The van der Waals surface area contributed by atoms with Gasteiger partial charge in [0.1, 0.15) is 0 Å². The van der Waals surface area contributed by atoms with E-state index in [1.807, 2.05) is 0 Å². The van der Waals surface area contributed by atoms with Crippen LogP contribution in [0.5, 0.6) is 0 Å². The SMILES string of the molecule is CS(=O)(=O)c1ccc(Br)c(C(=O)O)c1. The number of carbonyl (C=O) groups is 1. The Hall–Kier alpha value is -0.880. The molecule has 4 nitrogen and oxygen atoms in total. The predicted molar refractivity (Wildman–Crippen MR) is 54.2 cm³/mol. The summed E-state index contributed by atoms with van der Waals surface area (Å²) in [5.41, 5.74) is -0.0621. The van der Waals surface area contributed by atoms with Gasteiger partial charge in [0.15, 0.2) is 9.84 Å². The van der Waals surface area contributed by atoms with Crippen molar-refractivity contribution in [3.05, 3.63) is 28.2 Å².